The summed E-state index contributed by atoms with van der Waals surface area (Å²) in [6, 6.07) is 4.22. The molecule has 0 bridgehead atoms. The lowest BCUT2D eigenvalue weighted by atomic mass is 10.1. The summed E-state index contributed by atoms with van der Waals surface area (Å²) in [6.45, 7) is 10.5. The van der Waals surface area contributed by atoms with Gasteiger partial charge in [-0.25, -0.2) is 9.98 Å². The maximum absolute atomic E-state index is 5.43. The Hall–Kier alpha value is -1.82. The average molecular weight is 333 g/mol. The van der Waals surface area contributed by atoms with Crippen LogP contribution >= 0.6 is 0 Å². The SMILES string of the molecule is CCNC(=NCc1ccc(N2CCCC2)nc1)NCC(C)(C)OC. The summed E-state index contributed by atoms with van der Waals surface area (Å²) in [4.78, 5) is 11.6. The summed E-state index contributed by atoms with van der Waals surface area (Å²) < 4.78 is 5.43. The predicted octanol–water partition coefficient (Wildman–Crippen LogP) is 2.16. The number of guanidine groups is 1. The molecule has 1 aromatic rings. The molecule has 2 heterocycles. The van der Waals surface area contributed by atoms with Gasteiger partial charge in [0.15, 0.2) is 5.96 Å². The number of ether oxygens (including phenoxy) is 1. The van der Waals surface area contributed by atoms with Gasteiger partial charge in [-0.3, -0.25) is 0 Å². The van der Waals surface area contributed by atoms with Gasteiger partial charge in [0.2, 0.25) is 0 Å². The van der Waals surface area contributed by atoms with Crippen LogP contribution in [-0.4, -0.2) is 49.8 Å². The number of aliphatic imine (C=N–C) groups is 1. The third-order valence-electron chi connectivity index (χ3n) is 4.24. The van der Waals surface area contributed by atoms with E-state index in [9.17, 15) is 0 Å². The molecule has 0 spiro atoms. The fourth-order valence-electron chi connectivity index (χ4n) is 2.52. The standard InChI is InChI=1S/C18H31N5O/c1-5-19-17(22-14-18(2,3)24-4)21-13-15-8-9-16(20-12-15)23-10-6-7-11-23/h8-9,12H,5-7,10-11,13-14H2,1-4H3,(H2,19,21,22). The molecule has 2 N–H and O–H groups in total. The molecule has 1 aliphatic rings. The molecule has 2 rings (SSSR count). The van der Waals surface area contributed by atoms with Crippen molar-refractivity contribution in [2.45, 2.75) is 45.8 Å². The number of anilines is 1. The fourth-order valence-corrected chi connectivity index (χ4v) is 2.52. The van der Waals surface area contributed by atoms with E-state index < -0.39 is 0 Å². The minimum atomic E-state index is -0.227. The molecule has 0 amide bonds. The second-order valence-electron chi connectivity index (χ2n) is 6.73. The first-order valence-corrected chi connectivity index (χ1v) is 8.81. The van der Waals surface area contributed by atoms with Crippen molar-refractivity contribution < 1.29 is 4.74 Å². The molecule has 1 aromatic heterocycles. The van der Waals surface area contributed by atoms with Crippen molar-refractivity contribution in [3.8, 4) is 0 Å². The highest BCUT2D eigenvalue weighted by Gasteiger charge is 2.16. The van der Waals surface area contributed by atoms with Crippen molar-refractivity contribution in [1.29, 1.82) is 0 Å². The summed E-state index contributed by atoms with van der Waals surface area (Å²) in [7, 11) is 1.72. The number of nitrogens with zero attached hydrogens (tertiary/aromatic N) is 3. The van der Waals surface area contributed by atoms with Crippen molar-refractivity contribution in [3.05, 3.63) is 23.9 Å². The van der Waals surface area contributed by atoms with Crippen molar-refractivity contribution in [2.75, 3.05) is 38.2 Å². The fraction of sp³-hybridized carbons (Fsp3) is 0.667. The van der Waals surface area contributed by atoms with Crippen LogP contribution in [0.3, 0.4) is 0 Å². The lowest BCUT2D eigenvalue weighted by molar-refractivity contribution is 0.0268. The molecule has 0 radical (unpaired) electrons. The second kappa shape index (κ2) is 8.87. The first kappa shape index (κ1) is 18.5. The van der Waals surface area contributed by atoms with E-state index in [0.29, 0.717) is 13.1 Å². The van der Waals surface area contributed by atoms with E-state index in [0.717, 1.165) is 37.0 Å². The van der Waals surface area contributed by atoms with Gasteiger partial charge < -0.3 is 20.3 Å². The summed E-state index contributed by atoms with van der Waals surface area (Å²) in [5.41, 5.74) is 0.885. The Bertz CT molecular complexity index is 521. The maximum Gasteiger partial charge on any atom is 0.191 e. The smallest absolute Gasteiger partial charge is 0.191 e. The summed E-state index contributed by atoms with van der Waals surface area (Å²) in [6.07, 6.45) is 4.46. The van der Waals surface area contributed by atoms with Gasteiger partial charge in [0, 0.05) is 39.5 Å². The topological polar surface area (TPSA) is 61.8 Å². The molecule has 1 aliphatic heterocycles. The number of rotatable bonds is 7. The van der Waals surface area contributed by atoms with Crippen LogP contribution in [-0.2, 0) is 11.3 Å². The van der Waals surface area contributed by atoms with Crippen LogP contribution in [0.1, 0.15) is 39.2 Å². The zero-order valence-corrected chi connectivity index (χ0v) is 15.4. The van der Waals surface area contributed by atoms with Gasteiger partial charge >= 0.3 is 0 Å². The Morgan fingerprint density at radius 3 is 2.62 bits per heavy atom. The molecule has 0 aliphatic carbocycles. The van der Waals surface area contributed by atoms with E-state index in [4.69, 9.17) is 4.74 Å². The van der Waals surface area contributed by atoms with Crippen LogP contribution in [0.25, 0.3) is 0 Å². The van der Waals surface area contributed by atoms with E-state index in [1.54, 1.807) is 7.11 Å². The Morgan fingerprint density at radius 2 is 2.04 bits per heavy atom. The number of pyridine rings is 1. The van der Waals surface area contributed by atoms with E-state index in [-0.39, 0.29) is 5.60 Å². The number of hydrogen-bond donors (Lipinski definition) is 2. The number of hydrogen-bond acceptors (Lipinski definition) is 4. The molecule has 0 atom stereocenters. The monoisotopic (exact) mass is 333 g/mol. The van der Waals surface area contributed by atoms with E-state index in [1.807, 2.05) is 20.0 Å². The van der Waals surface area contributed by atoms with E-state index in [1.165, 1.54) is 12.8 Å². The molecule has 0 unspecified atom stereocenters. The molecule has 6 nitrogen and oxygen atoms in total. The molecule has 6 heteroatoms. The molecule has 1 saturated heterocycles. The van der Waals surface area contributed by atoms with Gasteiger partial charge in [0.05, 0.1) is 12.1 Å². The average Bonchev–Trinajstić information content (AvgIpc) is 3.12. The van der Waals surface area contributed by atoms with Crippen LogP contribution in [0, 0.1) is 0 Å². The lowest BCUT2D eigenvalue weighted by Crippen LogP contribution is -2.45. The minimum absolute atomic E-state index is 0.227. The normalized spacial score (nSPS) is 15.7. The lowest BCUT2D eigenvalue weighted by Gasteiger charge is -2.24. The predicted molar refractivity (Wildman–Crippen MR) is 99.6 cm³/mol. The summed E-state index contributed by atoms with van der Waals surface area (Å²) in [5, 5.41) is 6.58. The van der Waals surface area contributed by atoms with E-state index >= 15 is 0 Å². The first-order valence-electron chi connectivity index (χ1n) is 8.81. The summed E-state index contributed by atoms with van der Waals surface area (Å²) in [5.74, 6) is 1.87. The van der Waals surface area contributed by atoms with Crippen LogP contribution in [0.15, 0.2) is 23.3 Å². The Kier molecular flexibility index (Phi) is 6.85. The highest BCUT2D eigenvalue weighted by molar-refractivity contribution is 5.79. The molecular formula is C18H31N5O. The van der Waals surface area contributed by atoms with Crippen LogP contribution in [0.2, 0.25) is 0 Å². The highest BCUT2D eigenvalue weighted by atomic mass is 16.5. The molecule has 134 valence electrons. The molecule has 0 aromatic carbocycles. The number of aromatic nitrogens is 1. The number of nitrogens with one attached hydrogen (secondary N) is 2. The summed E-state index contributed by atoms with van der Waals surface area (Å²) >= 11 is 0. The number of methoxy groups -OCH3 is 1. The largest absolute Gasteiger partial charge is 0.377 e. The molecule has 0 saturated carbocycles. The Balaban J connectivity index is 1.92. The quantitative estimate of drug-likeness (QED) is 0.591. The zero-order valence-electron chi connectivity index (χ0n) is 15.4. The Labute approximate surface area is 145 Å². The maximum atomic E-state index is 5.43. The first-order chi connectivity index (χ1) is 11.5. The van der Waals surface area contributed by atoms with Gasteiger partial charge in [0.25, 0.3) is 0 Å². The molecule has 1 fully saturated rings. The second-order valence-corrected chi connectivity index (χ2v) is 6.73. The van der Waals surface area contributed by atoms with Crippen LogP contribution in [0.5, 0.6) is 0 Å². The molecular weight excluding hydrogens is 302 g/mol. The van der Waals surface area contributed by atoms with Crippen molar-refractivity contribution in [1.82, 2.24) is 15.6 Å². The van der Waals surface area contributed by atoms with Gasteiger partial charge in [0.1, 0.15) is 5.82 Å². The van der Waals surface area contributed by atoms with Crippen molar-refractivity contribution in [3.63, 3.8) is 0 Å². The third-order valence-corrected chi connectivity index (χ3v) is 4.24. The highest BCUT2D eigenvalue weighted by Crippen LogP contribution is 2.17. The zero-order chi connectivity index (χ0) is 17.4. The van der Waals surface area contributed by atoms with Crippen LogP contribution in [0.4, 0.5) is 5.82 Å². The van der Waals surface area contributed by atoms with Gasteiger partial charge in [-0.2, -0.15) is 0 Å². The van der Waals surface area contributed by atoms with Crippen LogP contribution < -0.4 is 15.5 Å². The third kappa shape index (κ3) is 5.67. The Morgan fingerprint density at radius 1 is 1.29 bits per heavy atom. The van der Waals surface area contributed by atoms with Crippen molar-refractivity contribution in [2.24, 2.45) is 4.99 Å². The van der Waals surface area contributed by atoms with Gasteiger partial charge in [-0.05, 0) is 45.2 Å². The van der Waals surface area contributed by atoms with Gasteiger partial charge in [-0.1, -0.05) is 6.07 Å². The van der Waals surface area contributed by atoms with E-state index in [2.05, 4.69) is 44.6 Å². The van der Waals surface area contributed by atoms with Gasteiger partial charge in [-0.15, -0.1) is 0 Å². The minimum Gasteiger partial charge on any atom is -0.377 e. The van der Waals surface area contributed by atoms with Crippen molar-refractivity contribution >= 4 is 11.8 Å². The molecule has 24 heavy (non-hydrogen) atoms.